The zero-order chi connectivity index (χ0) is 9.68. The van der Waals surface area contributed by atoms with Crippen LogP contribution in [0.2, 0.25) is 0 Å². The number of Topliss-reactive ketones (excluding diaryl/α,β-unsaturated/α-hetero) is 1. The lowest BCUT2D eigenvalue weighted by molar-refractivity contribution is -0.131. The maximum atomic E-state index is 10.8. The average molecular weight is 180 g/mol. The third-order valence-corrected chi connectivity index (χ3v) is 2.25. The first kappa shape index (κ1) is 10.2. The monoisotopic (exact) mass is 180 g/mol. The Balaban J connectivity index is 2.30. The Hall–Kier alpha value is -0.890. The van der Waals surface area contributed by atoms with Gasteiger partial charge in [0, 0.05) is 6.42 Å². The average Bonchev–Trinajstić information content (AvgIpc) is 2.16. The molecule has 1 aliphatic heterocycles. The van der Waals surface area contributed by atoms with E-state index in [1.165, 1.54) is 5.57 Å². The molecule has 2 heteroatoms. The van der Waals surface area contributed by atoms with E-state index in [1.54, 1.807) is 0 Å². The zero-order valence-corrected chi connectivity index (χ0v) is 8.08. The van der Waals surface area contributed by atoms with Crippen LogP contribution in [0.5, 0.6) is 0 Å². The summed E-state index contributed by atoms with van der Waals surface area (Å²) in [5, 5.41) is 0. The maximum absolute atomic E-state index is 10.8. The van der Waals surface area contributed by atoms with E-state index in [9.17, 15) is 4.79 Å². The second-order valence-corrected chi connectivity index (χ2v) is 3.40. The van der Waals surface area contributed by atoms with Crippen LogP contribution >= 0.6 is 0 Å². The summed E-state index contributed by atoms with van der Waals surface area (Å²) in [6.07, 6.45) is 6.59. The largest absolute Gasteiger partial charge is 0.370 e. The van der Waals surface area contributed by atoms with Crippen molar-refractivity contribution >= 4 is 5.78 Å². The van der Waals surface area contributed by atoms with Crippen LogP contribution < -0.4 is 0 Å². The van der Waals surface area contributed by atoms with Crippen molar-refractivity contribution in [3.8, 4) is 0 Å². The highest BCUT2D eigenvalue weighted by atomic mass is 16.5. The van der Waals surface area contributed by atoms with Gasteiger partial charge in [-0.1, -0.05) is 24.3 Å². The topological polar surface area (TPSA) is 26.3 Å². The number of hydrogen-bond acceptors (Lipinski definition) is 2. The predicted octanol–water partition coefficient (Wildman–Crippen LogP) is 2.26. The van der Waals surface area contributed by atoms with Crippen molar-refractivity contribution in [2.45, 2.75) is 32.3 Å². The Morgan fingerprint density at radius 3 is 3.08 bits per heavy atom. The first-order valence-electron chi connectivity index (χ1n) is 4.65. The summed E-state index contributed by atoms with van der Waals surface area (Å²) >= 11 is 0. The van der Waals surface area contributed by atoms with Crippen molar-refractivity contribution in [2.24, 2.45) is 0 Å². The summed E-state index contributed by atoms with van der Waals surface area (Å²) in [6.45, 7) is 5.99. The van der Waals surface area contributed by atoms with Crippen LogP contribution in [0, 0.1) is 0 Å². The van der Waals surface area contributed by atoms with Crippen LogP contribution in [0.15, 0.2) is 24.3 Å². The van der Waals surface area contributed by atoms with Crippen molar-refractivity contribution in [2.75, 3.05) is 6.61 Å². The highest BCUT2D eigenvalue weighted by Gasteiger charge is 2.17. The normalized spacial score (nSPS) is 24.5. The van der Waals surface area contributed by atoms with Crippen LogP contribution in [0.25, 0.3) is 0 Å². The minimum absolute atomic E-state index is 0.223. The number of allylic oxidation sites excluding steroid dienone is 2. The number of hydrogen-bond donors (Lipinski definition) is 0. The molecular weight excluding hydrogens is 164 g/mol. The molecule has 1 unspecified atom stereocenters. The van der Waals surface area contributed by atoms with Gasteiger partial charge in [0.25, 0.3) is 0 Å². The molecule has 1 heterocycles. The summed E-state index contributed by atoms with van der Waals surface area (Å²) in [4.78, 5) is 10.8. The van der Waals surface area contributed by atoms with E-state index >= 15 is 0 Å². The Labute approximate surface area is 79.3 Å². The molecule has 1 saturated heterocycles. The quantitative estimate of drug-likeness (QED) is 0.623. The molecule has 0 aliphatic carbocycles. The number of ketones is 1. The fourth-order valence-electron chi connectivity index (χ4n) is 1.27. The third kappa shape index (κ3) is 3.55. The van der Waals surface area contributed by atoms with Crippen LogP contribution in [0.3, 0.4) is 0 Å². The van der Waals surface area contributed by atoms with Crippen molar-refractivity contribution < 1.29 is 9.53 Å². The van der Waals surface area contributed by atoms with E-state index in [2.05, 4.69) is 12.7 Å². The van der Waals surface area contributed by atoms with Gasteiger partial charge in [0.2, 0.25) is 0 Å². The molecule has 0 spiro atoms. The van der Waals surface area contributed by atoms with Gasteiger partial charge < -0.3 is 4.74 Å². The molecule has 1 aliphatic rings. The maximum Gasteiger partial charge on any atom is 0.158 e. The molecule has 0 radical (unpaired) electrons. The van der Waals surface area contributed by atoms with Crippen molar-refractivity contribution in [1.29, 1.82) is 0 Å². The fraction of sp³-hybridized carbons (Fsp3) is 0.545. The molecule has 13 heavy (non-hydrogen) atoms. The minimum Gasteiger partial charge on any atom is -0.370 e. The van der Waals surface area contributed by atoms with Crippen molar-refractivity contribution in [3.63, 3.8) is 0 Å². The number of ether oxygens (including phenoxy) is 1. The number of carbonyl (C=O) groups is 1. The van der Waals surface area contributed by atoms with Gasteiger partial charge >= 0.3 is 0 Å². The molecular formula is C11H16O2. The van der Waals surface area contributed by atoms with Gasteiger partial charge in [0.05, 0.1) is 6.10 Å². The molecule has 0 aromatic carbocycles. The lowest BCUT2D eigenvalue weighted by atomic mass is 10.0. The highest BCUT2D eigenvalue weighted by molar-refractivity contribution is 5.80. The smallest absolute Gasteiger partial charge is 0.158 e. The summed E-state index contributed by atoms with van der Waals surface area (Å²) in [5.74, 6) is 0.223. The van der Waals surface area contributed by atoms with Crippen LogP contribution in [-0.2, 0) is 9.53 Å². The number of carbonyl (C=O) groups excluding carboxylic acids is 1. The first-order chi connectivity index (χ1) is 6.22. The predicted molar refractivity (Wildman–Crippen MR) is 52.6 cm³/mol. The van der Waals surface area contributed by atoms with E-state index in [0.29, 0.717) is 13.0 Å². The Morgan fingerprint density at radius 1 is 1.77 bits per heavy atom. The standard InChI is InChI=1S/C11H16O2/c1-3-9(2)4-6-11-7-5-10(12)8-13-11/h3-4,11H,1,5-8H2,2H3/b9-4+. The van der Waals surface area contributed by atoms with Crippen molar-refractivity contribution in [1.82, 2.24) is 0 Å². The molecule has 0 aromatic heterocycles. The summed E-state index contributed by atoms with van der Waals surface area (Å²) < 4.78 is 5.36. The molecule has 1 fully saturated rings. The van der Waals surface area contributed by atoms with E-state index in [1.807, 2.05) is 13.0 Å². The van der Waals surface area contributed by atoms with Gasteiger partial charge in [-0.15, -0.1) is 0 Å². The molecule has 0 amide bonds. The summed E-state index contributed by atoms with van der Waals surface area (Å²) in [7, 11) is 0. The second kappa shape index (κ2) is 4.97. The van der Waals surface area contributed by atoms with Gasteiger partial charge in [-0.25, -0.2) is 0 Å². The molecule has 2 nitrogen and oxygen atoms in total. The van der Waals surface area contributed by atoms with Gasteiger partial charge in [-0.3, -0.25) is 4.79 Å². The Morgan fingerprint density at radius 2 is 2.54 bits per heavy atom. The lowest BCUT2D eigenvalue weighted by Crippen LogP contribution is -2.25. The van der Waals surface area contributed by atoms with Crippen LogP contribution in [-0.4, -0.2) is 18.5 Å². The van der Waals surface area contributed by atoms with E-state index in [0.717, 1.165) is 12.8 Å². The Kier molecular flexibility index (Phi) is 3.90. The SMILES string of the molecule is C=C/C(C)=C/CC1CCC(=O)CO1. The lowest BCUT2D eigenvalue weighted by Gasteiger charge is -2.20. The van der Waals surface area contributed by atoms with E-state index < -0.39 is 0 Å². The van der Waals surface area contributed by atoms with Gasteiger partial charge in [0.15, 0.2) is 5.78 Å². The molecule has 0 N–H and O–H groups in total. The third-order valence-electron chi connectivity index (χ3n) is 2.25. The molecule has 1 rings (SSSR count). The molecule has 72 valence electrons. The first-order valence-corrected chi connectivity index (χ1v) is 4.65. The van der Waals surface area contributed by atoms with Gasteiger partial charge in [0.1, 0.15) is 6.61 Å². The van der Waals surface area contributed by atoms with E-state index in [4.69, 9.17) is 4.74 Å². The fourth-order valence-corrected chi connectivity index (χ4v) is 1.27. The van der Waals surface area contributed by atoms with Crippen molar-refractivity contribution in [3.05, 3.63) is 24.3 Å². The zero-order valence-electron chi connectivity index (χ0n) is 8.08. The number of rotatable bonds is 3. The minimum atomic E-state index is 0.223. The molecule has 0 aromatic rings. The van der Waals surface area contributed by atoms with Gasteiger partial charge in [-0.2, -0.15) is 0 Å². The summed E-state index contributed by atoms with van der Waals surface area (Å²) in [5.41, 5.74) is 1.17. The molecule has 1 atom stereocenters. The van der Waals surface area contributed by atoms with Crippen LogP contribution in [0.4, 0.5) is 0 Å². The van der Waals surface area contributed by atoms with E-state index in [-0.39, 0.29) is 11.9 Å². The highest BCUT2D eigenvalue weighted by Crippen LogP contribution is 2.14. The van der Waals surface area contributed by atoms with Crippen LogP contribution in [0.1, 0.15) is 26.2 Å². The van der Waals surface area contributed by atoms with Gasteiger partial charge in [-0.05, 0) is 19.8 Å². The summed E-state index contributed by atoms with van der Waals surface area (Å²) in [6, 6.07) is 0. The molecule has 0 bridgehead atoms. The second-order valence-electron chi connectivity index (χ2n) is 3.40. The Bertz CT molecular complexity index is 218. The molecule has 0 saturated carbocycles.